The highest BCUT2D eigenvalue weighted by atomic mass is 32.1. The molecule has 26 heavy (non-hydrogen) atoms. The van der Waals surface area contributed by atoms with Gasteiger partial charge in [-0.1, -0.05) is 18.2 Å². The molecule has 2 amide bonds. The van der Waals surface area contributed by atoms with E-state index in [0.717, 1.165) is 46.7 Å². The molecule has 1 aliphatic heterocycles. The third kappa shape index (κ3) is 4.52. The van der Waals surface area contributed by atoms with Gasteiger partial charge in [-0.05, 0) is 49.8 Å². The van der Waals surface area contributed by atoms with E-state index < -0.39 is 0 Å². The van der Waals surface area contributed by atoms with E-state index in [9.17, 15) is 9.59 Å². The van der Waals surface area contributed by atoms with E-state index in [1.165, 1.54) is 30.6 Å². The molecule has 136 valence electrons. The molecule has 3 aromatic rings. The number of aromatic nitrogens is 1. The number of hydrogen-bond donors (Lipinski definition) is 2. The van der Waals surface area contributed by atoms with Crippen LogP contribution in [0, 0.1) is 6.92 Å². The van der Waals surface area contributed by atoms with Crippen LogP contribution in [0.25, 0.3) is 10.9 Å². The summed E-state index contributed by atoms with van der Waals surface area (Å²) in [5.74, 6) is -0.0650. The summed E-state index contributed by atoms with van der Waals surface area (Å²) in [7, 11) is 0. The SMILES string of the molecule is Cc1cc2cccc(NC(=O)c3cccs3)c2[nH]1.O=CN1CCCCC1. The number of likely N-dealkylation sites (tertiary alicyclic amines) is 1. The summed E-state index contributed by atoms with van der Waals surface area (Å²) in [6.45, 7) is 3.96. The number of aromatic amines is 1. The van der Waals surface area contributed by atoms with Gasteiger partial charge in [-0.25, -0.2) is 0 Å². The van der Waals surface area contributed by atoms with Crippen LogP contribution >= 0.6 is 11.3 Å². The molecule has 2 N–H and O–H groups in total. The lowest BCUT2D eigenvalue weighted by Gasteiger charge is -2.21. The Balaban J connectivity index is 0.000000206. The van der Waals surface area contributed by atoms with E-state index >= 15 is 0 Å². The first-order valence-corrected chi connectivity index (χ1v) is 9.68. The zero-order chi connectivity index (χ0) is 18.4. The summed E-state index contributed by atoms with van der Waals surface area (Å²) < 4.78 is 0. The van der Waals surface area contributed by atoms with Crippen LogP contribution in [0.3, 0.4) is 0 Å². The number of benzene rings is 1. The van der Waals surface area contributed by atoms with Gasteiger partial charge in [-0.2, -0.15) is 0 Å². The molecule has 4 rings (SSSR count). The van der Waals surface area contributed by atoms with Crippen LogP contribution in [0.1, 0.15) is 34.6 Å². The third-order valence-electron chi connectivity index (χ3n) is 4.32. The Kier molecular flexibility index (Phi) is 6.07. The molecule has 0 spiro atoms. The minimum Gasteiger partial charge on any atom is -0.357 e. The summed E-state index contributed by atoms with van der Waals surface area (Å²) in [4.78, 5) is 27.9. The van der Waals surface area contributed by atoms with E-state index in [1.807, 2.05) is 47.5 Å². The number of carbonyl (C=O) groups is 2. The Morgan fingerprint density at radius 1 is 1.19 bits per heavy atom. The minimum atomic E-state index is -0.0650. The molecule has 3 heterocycles. The van der Waals surface area contributed by atoms with Crippen LogP contribution in [0.5, 0.6) is 0 Å². The smallest absolute Gasteiger partial charge is 0.265 e. The summed E-state index contributed by atoms with van der Waals surface area (Å²) in [6.07, 6.45) is 4.63. The molecular formula is C20H23N3O2S. The Labute approximate surface area is 157 Å². The van der Waals surface area contributed by atoms with E-state index in [1.54, 1.807) is 0 Å². The first kappa shape index (κ1) is 18.2. The fraction of sp³-hybridized carbons (Fsp3) is 0.300. The van der Waals surface area contributed by atoms with Gasteiger partial charge in [-0.15, -0.1) is 11.3 Å². The number of amides is 2. The minimum absolute atomic E-state index is 0.0650. The Hall–Kier alpha value is -2.60. The van der Waals surface area contributed by atoms with Crippen molar-refractivity contribution in [1.29, 1.82) is 0 Å². The maximum Gasteiger partial charge on any atom is 0.265 e. The number of fused-ring (bicyclic) bond motifs is 1. The van der Waals surface area contributed by atoms with Crippen molar-refractivity contribution in [2.75, 3.05) is 18.4 Å². The molecule has 0 aliphatic carbocycles. The number of nitrogens with one attached hydrogen (secondary N) is 2. The zero-order valence-electron chi connectivity index (χ0n) is 14.8. The molecule has 2 aromatic heterocycles. The number of thiophene rings is 1. The lowest BCUT2D eigenvalue weighted by molar-refractivity contribution is -0.118. The van der Waals surface area contributed by atoms with Gasteiger partial charge < -0.3 is 15.2 Å². The second-order valence-electron chi connectivity index (χ2n) is 6.36. The van der Waals surface area contributed by atoms with Gasteiger partial charge in [0.25, 0.3) is 5.91 Å². The van der Waals surface area contributed by atoms with Crippen molar-refractivity contribution < 1.29 is 9.59 Å². The molecule has 0 radical (unpaired) electrons. The maximum atomic E-state index is 12.0. The van der Waals surface area contributed by atoms with E-state index in [4.69, 9.17) is 0 Å². The predicted octanol–water partition coefficient (Wildman–Crippen LogP) is 4.42. The average molecular weight is 369 g/mol. The van der Waals surface area contributed by atoms with Gasteiger partial charge in [0.1, 0.15) is 0 Å². The lowest BCUT2D eigenvalue weighted by atomic mass is 10.1. The Morgan fingerprint density at radius 2 is 2.00 bits per heavy atom. The molecule has 0 saturated carbocycles. The highest BCUT2D eigenvalue weighted by Gasteiger charge is 2.10. The Bertz CT molecular complexity index is 864. The fourth-order valence-electron chi connectivity index (χ4n) is 3.02. The number of hydrogen-bond acceptors (Lipinski definition) is 3. The van der Waals surface area contributed by atoms with Gasteiger partial charge in [-0.3, -0.25) is 9.59 Å². The Morgan fingerprint density at radius 3 is 2.65 bits per heavy atom. The molecule has 0 atom stereocenters. The second kappa shape index (κ2) is 8.67. The van der Waals surface area contributed by atoms with Gasteiger partial charge >= 0.3 is 0 Å². The van der Waals surface area contributed by atoms with Crippen molar-refractivity contribution in [2.24, 2.45) is 0 Å². The van der Waals surface area contributed by atoms with Gasteiger partial charge in [0.05, 0.1) is 16.1 Å². The monoisotopic (exact) mass is 369 g/mol. The van der Waals surface area contributed by atoms with Crippen molar-refractivity contribution in [3.05, 3.63) is 52.3 Å². The molecule has 6 heteroatoms. The van der Waals surface area contributed by atoms with Gasteiger partial charge in [0.2, 0.25) is 6.41 Å². The zero-order valence-corrected chi connectivity index (χ0v) is 15.6. The molecule has 1 aliphatic rings. The predicted molar refractivity (Wildman–Crippen MR) is 107 cm³/mol. The van der Waals surface area contributed by atoms with Crippen molar-refractivity contribution in [2.45, 2.75) is 26.2 Å². The quantitative estimate of drug-likeness (QED) is 0.671. The van der Waals surface area contributed by atoms with Crippen molar-refractivity contribution in [3.63, 3.8) is 0 Å². The lowest BCUT2D eigenvalue weighted by Crippen LogP contribution is -2.27. The first-order chi connectivity index (χ1) is 12.7. The average Bonchev–Trinajstić information content (AvgIpc) is 3.32. The normalized spacial score (nSPS) is 13.8. The summed E-state index contributed by atoms with van der Waals surface area (Å²) in [6, 6.07) is 11.6. The first-order valence-electron chi connectivity index (χ1n) is 8.80. The summed E-state index contributed by atoms with van der Waals surface area (Å²) >= 11 is 1.44. The number of rotatable bonds is 3. The molecule has 1 fully saturated rings. The van der Waals surface area contributed by atoms with Crippen LogP contribution in [0.2, 0.25) is 0 Å². The number of carbonyl (C=O) groups excluding carboxylic acids is 2. The topological polar surface area (TPSA) is 65.2 Å². The third-order valence-corrected chi connectivity index (χ3v) is 5.19. The number of para-hydroxylation sites is 1. The number of aryl methyl sites for hydroxylation is 1. The van der Waals surface area contributed by atoms with Crippen LogP contribution in [0.4, 0.5) is 5.69 Å². The molecule has 1 aromatic carbocycles. The molecule has 5 nitrogen and oxygen atoms in total. The van der Waals surface area contributed by atoms with Crippen molar-refractivity contribution >= 4 is 40.2 Å². The molecule has 0 unspecified atom stereocenters. The van der Waals surface area contributed by atoms with Crippen LogP contribution in [-0.4, -0.2) is 35.3 Å². The molecular weight excluding hydrogens is 346 g/mol. The second-order valence-corrected chi connectivity index (χ2v) is 7.30. The van der Waals surface area contributed by atoms with Crippen LogP contribution < -0.4 is 5.32 Å². The number of anilines is 1. The molecule has 0 bridgehead atoms. The van der Waals surface area contributed by atoms with Crippen LogP contribution in [-0.2, 0) is 4.79 Å². The van der Waals surface area contributed by atoms with Crippen molar-refractivity contribution in [1.82, 2.24) is 9.88 Å². The van der Waals surface area contributed by atoms with E-state index in [-0.39, 0.29) is 5.91 Å². The molecule has 1 saturated heterocycles. The summed E-state index contributed by atoms with van der Waals surface area (Å²) in [5, 5.41) is 5.95. The standard InChI is InChI=1S/C14H12N2OS.C6H11NO/c1-9-8-10-4-2-5-11(13(10)15-9)16-14(17)12-6-3-7-18-12;8-6-7-4-2-1-3-5-7/h2-8,15H,1H3,(H,16,17);6H,1-5H2. The van der Waals surface area contributed by atoms with Gasteiger partial charge in [0.15, 0.2) is 0 Å². The van der Waals surface area contributed by atoms with Gasteiger partial charge in [0, 0.05) is 24.2 Å². The fourth-order valence-corrected chi connectivity index (χ4v) is 3.64. The maximum absolute atomic E-state index is 12.0. The number of H-pyrrole nitrogens is 1. The summed E-state index contributed by atoms with van der Waals surface area (Å²) in [5.41, 5.74) is 2.88. The van der Waals surface area contributed by atoms with Crippen LogP contribution in [0.15, 0.2) is 41.8 Å². The number of nitrogens with zero attached hydrogens (tertiary/aromatic N) is 1. The highest BCUT2D eigenvalue weighted by Crippen LogP contribution is 2.24. The van der Waals surface area contributed by atoms with E-state index in [0.29, 0.717) is 0 Å². The van der Waals surface area contributed by atoms with E-state index in [2.05, 4.69) is 16.4 Å². The number of piperidine rings is 1. The largest absolute Gasteiger partial charge is 0.357 e. The highest BCUT2D eigenvalue weighted by molar-refractivity contribution is 7.12. The van der Waals surface area contributed by atoms with Crippen molar-refractivity contribution in [3.8, 4) is 0 Å².